The second-order valence-electron chi connectivity index (χ2n) is 9.53. The van der Waals surface area contributed by atoms with Crippen LogP contribution < -0.4 is 0 Å². The Hall–Kier alpha value is -1.09. The Morgan fingerprint density at radius 1 is 1.28 bits per heavy atom. The molecule has 0 amide bonds. The summed E-state index contributed by atoms with van der Waals surface area (Å²) in [4.78, 5) is 12.0. The average Bonchev–Trinajstić information content (AvgIpc) is 2.72. The third-order valence-electron chi connectivity index (χ3n) is 7.72. The number of carbonyl (C=O) groups is 1. The van der Waals surface area contributed by atoms with Gasteiger partial charge in [-0.15, -0.1) is 0 Å². The summed E-state index contributed by atoms with van der Waals surface area (Å²) in [6.45, 7) is 12.5. The predicted molar refractivity (Wildman–Crippen MR) is 99.9 cm³/mol. The molecule has 6 atom stereocenters. The van der Waals surface area contributed by atoms with Gasteiger partial charge in [0.25, 0.3) is 0 Å². The van der Waals surface area contributed by atoms with Crippen molar-refractivity contribution in [3.63, 3.8) is 0 Å². The Bertz CT molecular complexity index is 619. The molecule has 3 aliphatic carbocycles. The zero-order valence-electron chi connectivity index (χ0n) is 16.6. The van der Waals surface area contributed by atoms with Gasteiger partial charge in [-0.2, -0.15) is 0 Å². The molecule has 3 nitrogen and oxygen atoms in total. The smallest absolute Gasteiger partial charge is 0.302 e. The number of rotatable bonds is 2. The minimum atomic E-state index is -0.668. The van der Waals surface area contributed by atoms with Gasteiger partial charge in [0.2, 0.25) is 0 Å². The van der Waals surface area contributed by atoms with E-state index in [1.54, 1.807) is 0 Å². The van der Waals surface area contributed by atoms with E-state index >= 15 is 0 Å². The number of hydrogen-bond acceptors (Lipinski definition) is 3. The summed E-state index contributed by atoms with van der Waals surface area (Å²) in [6.07, 6.45) is 10.1. The van der Waals surface area contributed by atoms with Crippen molar-refractivity contribution >= 4 is 5.97 Å². The van der Waals surface area contributed by atoms with E-state index in [9.17, 15) is 9.90 Å². The van der Waals surface area contributed by atoms with Crippen LogP contribution in [0.4, 0.5) is 0 Å². The number of aliphatic hydroxyl groups is 1. The van der Waals surface area contributed by atoms with Crippen molar-refractivity contribution in [2.24, 2.45) is 28.6 Å². The summed E-state index contributed by atoms with van der Waals surface area (Å²) in [7, 11) is 0. The summed E-state index contributed by atoms with van der Waals surface area (Å²) < 4.78 is 6.04. The molecule has 0 radical (unpaired) electrons. The second-order valence-corrected chi connectivity index (χ2v) is 9.53. The van der Waals surface area contributed by atoms with Crippen LogP contribution in [-0.2, 0) is 9.53 Å². The van der Waals surface area contributed by atoms with Crippen LogP contribution in [0, 0.1) is 28.6 Å². The normalized spacial score (nSPS) is 46.2. The van der Waals surface area contributed by atoms with E-state index in [0.29, 0.717) is 0 Å². The van der Waals surface area contributed by atoms with Crippen molar-refractivity contribution in [3.8, 4) is 0 Å². The minimum absolute atomic E-state index is 0.0236. The van der Waals surface area contributed by atoms with E-state index in [1.807, 2.05) is 0 Å². The molecule has 0 saturated heterocycles. The van der Waals surface area contributed by atoms with Gasteiger partial charge in [0.05, 0.1) is 5.60 Å². The van der Waals surface area contributed by atoms with Gasteiger partial charge >= 0.3 is 5.97 Å². The Morgan fingerprint density at radius 3 is 2.56 bits per heavy atom. The Labute approximate surface area is 152 Å². The maximum atomic E-state index is 12.0. The van der Waals surface area contributed by atoms with Crippen molar-refractivity contribution < 1.29 is 14.6 Å². The number of hydrogen-bond donors (Lipinski definition) is 1. The van der Waals surface area contributed by atoms with Gasteiger partial charge in [-0.05, 0) is 49.9 Å². The summed E-state index contributed by atoms with van der Waals surface area (Å²) in [6, 6.07) is 0. The highest BCUT2D eigenvalue weighted by Crippen LogP contribution is 2.63. The van der Waals surface area contributed by atoms with E-state index < -0.39 is 5.60 Å². The van der Waals surface area contributed by atoms with Gasteiger partial charge in [0.1, 0.15) is 6.10 Å². The minimum Gasteiger partial charge on any atom is -0.461 e. The fourth-order valence-electron chi connectivity index (χ4n) is 6.19. The number of ether oxygens (including phenoxy) is 1. The molecule has 1 N–H and O–H groups in total. The molecule has 0 spiro atoms. The number of allylic oxidation sites excluding steroid dienone is 3. The zero-order chi connectivity index (χ0) is 18.6. The first-order valence-corrected chi connectivity index (χ1v) is 9.80. The molecular weight excluding hydrogens is 312 g/mol. The highest BCUT2D eigenvalue weighted by molar-refractivity contribution is 5.66. The lowest BCUT2D eigenvalue weighted by atomic mass is 9.62. The van der Waals surface area contributed by atoms with E-state index in [2.05, 4.69) is 52.8 Å². The van der Waals surface area contributed by atoms with E-state index in [-0.39, 0.29) is 40.7 Å². The molecule has 3 aliphatic rings. The quantitative estimate of drug-likeness (QED) is 0.740. The van der Waals surface area contributed by atoms with Gasteiger partial charge in [-0.25, -0.2) is 0 Å². The molecule has 3 rings (SSSR count). The Kier molecular flexibility index (Phi) is 4.47. The van der Waals surface area contributed by atoms with Gasteiger partial charge in [-0.3, -0.25) is 4.79 Å². The van der Waals surface area contributed by atoms with Crippen LogP contribution in [0.15, 0.2) is 23.8 Å². The SMILES string of the molecule is CC(=O)O[C@H]1[C@H]2C(C)=CC=C[C@@]2(C)CC[C@@H]2[C@]1(C)CC[C@@]2(O)C(C)C. The van der Waals surface area contributed by atoms with Crippen LogP contribution >= 0.6 is 0 Å². The van der Waals surface area contributed by atoms with Crippen LogP contribution in [0.1, 0.15) is 67.2 Å². The third kappa shape index (κ3) is 2.70. The molecule has 0 aromatic carbocycles. The fourth-order valence-corrected chi connectivity index (χ4v) is 6.19. The molecule has 0 bridgehead atoms. The molecular formula is C22H34O3. The first-order valence-electron chi connectivity index (χ1n) is 9.80. The maximum Gasteiger partial charge on any atom is 0.302 e. The summed E-state index contributed by atoms with van der Waals surface area (Å²) >= 11 is 0. The average molecular weight is 347 g/mol. The fraction of sp³-hybridized carbons (Fsp3) is 0.773. The van der Waals surface area contributed by atoms with Crippen LogP contribution in [-0.4, -0.2) is 22.8 Å². The largest absolute Gasteiger partial charge is 0.461 e. The Balaban J connectivity index is 2.13. The standard InChI is InChI=1S/C22H34O3/c1-14(2)22(24)13-12-21(6)17(22)9-11-20(5)10-7-8-15(3)18(20)19(21)25-16(4)23/h7-8,10,14,17-19,24H,9,11-13H2,1-6H3/t17-,18-,19+,20+,21+,22-/m1/s1. The van der Waals surface area contributed by atoms with Crippen LogP contribution in [0.3, 0.4) is 0 Å². The molecule has 0 aromatic rings. The van der Waals surface area contributed by atoms with Gasteiger partial charge in [0, 0.05) is 18.3 Å². The van der Waals surface area contributed by atoms with E-state index in [1.165, 1.54) is 12.5 Å². The number of carbonyl (C=O) groups excluding carboxylic acids is 1. The number of esters is 1. The molecule has 2 saturated carbocycles. The zero-order valence-corrected chi connectivity index (χ0v) is 16.6. The lowest BCUT2D eigenvalue weighted by molar-refractivity contribution is -0.164. The first kappa shape index (κ1) is 18.7. The van der Waals surface area contributed by atoms with Crippen molar-refractivity contribution in [1.29, 1.82) is 0 Å². The van der Waals surface area contributed by atoms with Crippen LogP contribution in [0.2, 0.25) is 0 Å². The molecule has 3 heteroatoms. The summed E-state index contributed by atoms with van der Waals surface area (Å²) in [5, 5.41) is 11.5. The molecule has 0 heterocycles. The van der Waals surface area contributed by atoms with Crippen molar-refractivity contribution in [2.45, 2.75) is 78.9 Å². The van der Waals surface area contributed by atoms with Gasteiger partial charge in [0.15, 0.2) is 0 Å². The van der Waals surface area contributed by atoms with Crippen molar-refractivity contribution in [3.05, 3.63) is 23.8 Å². The van der Waals surface area contributed by atoms with Gasteiger partial charge in [-0.1, -0.05) is 51.5 Å². The van der Waals surface area contributed by atoms with Crippen LogP contribution in [0.5, 0.6) is 0 Å². The lowest BCUT2D eigenvalue weighted by Crippen LogP contribution is -2.50. The third-order valence-corrected chi connectivity index (χ3v) is 7.72. The predicted octanol–water partition coefficient (Wildman–Crippen LogP) is 4.65. The Morgan fingerprint density at radius 2 is 1.96 bits per heavy atom. The van der Waals surface area contributed by atoms with E-state index in [4.69, 9.17) is 4.74 Å². The second kappa shape index (κ2) is 5.97. The topological polar surface area (TPSA) is 46.5 Å². The molecule has 0 unspecified atom stereocenters. The van der Waals surface area contributed by atoms with Gasteiger partial charge < -0.3 is 9.84 Å². The van der Waals surface area contributed by atoms with Crippen molar-refractivity contribution in [2.75, 3.05) is 0 Å². The highest BCUT2D eigenvalue weighted by atomic mass is 16.5. The lowest BCUT2D eigenvalue weighted by Gasteiger charge is -2.47. The molecule has 0 aliphatic heterocycles. The molecule has 0 aromatic heterocycles. The maximum absolute atomic E-state index is 12.0. The van der Waals surface area contributed by atoms with E-state index in [0.717, 1.165) is 25.7 Å². The highest BCUT2D eigenvalue weighted by Gasteiger charge is 2.63. The molecule has 2 fully saturated rings. The number of fused-ring (bicyclic) bond motifs is 2. The monoisotopic (exact) mass is 346 g/mol. The molecule has 25 heavy (non-hydrogen) atoms. The summed E-state index contributed by atoms with van der Waals surface area (Å²) in [5.74, 6) is 0.341. The first-order chi connectivity index (χ1) is 11.5. The molecule has 140 valence electrons. The van der Waals surface area contributed by atoms with Crippen LogP contribution in [0.25, 0.3) is 0 Å². The van der Waals surface area contributed by atoms with Crippen molar-refractivity contribution in [1.82, 2.24) is 0 Å². The summed E-state index contributed by atoms with van der Waals surface area (Å²) in [5.41, 5.74) is 0.411.